The van der Waals surface area contributed by atoms with Crippen molar-refractivity contribution < 1.29 is 0 Å². The van der Waals surface area contributed by atoms with Crippen LogP contribution in [0.5, 0.6) is 0 Å². The van der Waals surface area contributed by atoms with E-state index in [2.05, 4.69) is 38.4 Å². The van der Waals surface area contributed by atoms with Crippen molar-refractivity contribution in [1.29, 1.82) is 0 Å². The van der Waals surface area contributed by atoms with Gasteiger partial charge >= 0.3 is 0 Å². The molecule has 0 amide bonds. The van der Waals surface area contributed by atoms with Crippen LogP contribution in [0.3, 0.4) is 0 Å². The summed E-state index contributed by atoms with van der Waals surface area (Å²) in [6.45, 7) is 4.65. The zero-order chi connectivity index (χ0) is 8.77. The molecule has 0 spiro atoms. The van der Waals surface area contributed by atoms with Crippen LogP contribution in [0.1, 0.15) is 26.7 Å². The minimum atomic E-state index is 0.324. The van der Waals surface area contributed by atoms with Crippen LogP contribution in [0.2, 0.25) is 0 Å². The maximum absolute atomic E-state index is 3.43. The lowest BCUT2D eigenvalue weighted by atomic mass is 9.78. The Hall–Kier alpha value is -0.300. The molecule has 2 rings (SSSR count). The second-order valence-electron chi connectivity index (χ2n) is 4.86. The lowest BCUT2D eigenvalue weighted by molar-refractivity contribution is 0.233. The highest BCUT2D eigenvalue weighted by Gasteiger charge is 2.42. The lowest BCUT2D eigenvalue weighted by Crippen LogP contribution is -2.45. The van der Waals surface area contributed by atoms with Gasteiger partial charge < -0.3 is 5.32 Å². The van der Waals surface area contributed by atoms with E-state index in [9.17, 15) is 0 Å². The third kappa shape index (κ3) is 1.11. The highest BCUT2D eigenvalue weighted by molar-refractivity contribution is 5.13. The van der Waals surface area contributed by atoms with Gasteiger partial charge in [-0.2, -0.15) is 0 Å². The summed E-state index contributed by atoms with van der Waals surface area (Å²) in [5.74, 6) is 2.61. The molecule has 0 aromatic heterocycles. The zero-order valence-corrected chi connectivity index (χ0v) is 8.30. The van der Waals surface area contributed by atoms with E-state index < -0.39 is 0 Å². The van der Waals surface area contributed by atoms with Crippen LogP contribution in [0, 0.1) is 17.8 Å². The molecule has 2 bridgehead atoms. The van der Waals surface area contributed by atoms with Crippen LogP contribution in [0.4, 0.5) is 0 Å². The van der Waals surface area contributed by atoms with Crippen molar-refractivity contribution in [1.82, 2.24) is 5.32 Å². The molecular weight excluding hydrogens is 146 g/mol. The fourth-order valence-corrected chi connectivity index (χ4v) is 2.80. The fourth-order valence-electron chi connectivity index (χ4n) is 2.80. The summed E-state index contributed by atoms with van der Waals surface area (Å²) in [4.78, 5) is 0. The van der Waals surface area contributed by atoms with E-state index in [-0.39, 0.29) is 0 Å². The molecule has 0 heterocycles. The molecule has 1 heteroatoms. The smallest absolute Gasteiger partial charge is 0.0156 e. The van der Waals surface area contributed by atoms with E-state index in [0.717, 1.165) is 17.8 Å². The molecule has 0 aromatic carbocycles. The molecule has 3 atom stereocenters. The van der Waals surface area contributed by atoms with Crippen LogP contribution < -0.4 is 5.32 Å². The molecule has 1 fully saturated rings. The Balaban J connectivity index is 2.12. The SMILES string of the molecule is CNC(C)(C)C1CC2C=CC1C2. The highest BCUT2D eigenvalue weighted by atomic mass is 14.9. The first-order chi connectivity index (χ1) is 5.63. The molecule has 3 unspecified atom stereocenters. The minimum Gasteiger partial charge on any atom is -0.315 e. The Morgan fingerprint density at radius 3 is 2.42 bits per heavy atom. The number of fused-ring (bicyclic) bond motifs is 2. The van der Waals surface area contributed by atoms with Gasteiger partial charge in [-0.05, 0) is 51.5 Å². The first-order valence-electron chi connectivity index (χ1n) is 5.01. The standard InChI is InChI=1S/C11H19N/c1-11(2,12-3)10-7-8-4-5-9(10)6-8/h4-5,8-10,12H,6-7H2,1-3H3. The Bertz CT molecular complexity index is 205. The summed E-state index contributed by atoms with van der Waals surface area (Å²) >= 11 is 0. The summed E-state index contributed by atoms with van der Waals surface area (Å²) in [6, 6.07) is 0. The van der Waals surface area contributed by atoms with Crippen molar-refractivity contribution in [3.05, 3.63) is 12.2 Å². The van der Waals surface area contributed by atoms with Gasteiger partial charge in [0.1, 0.15) is 0 Å². The molecule has 2 aliphatic carbocycles. The van der Waals surface area contributed by atoms with Crippen molar-refractivity contribution in [2.45, 2.75) is 32.2 Å². The van der Waals surface area contributed by atoms with Gasteiger partial charge in [-0.15, -0.1) is 0 Å². The van der Waals surface area contributed by atoms with Crippen LogP contribution in [0.25, 0.3) is 0 Å². The molecule has 0 aliphatic heterocycles. The first-order valence-corrected chi connectivity index (χ1v) is 5.01. The zero-order valence-electron chi connectivity index (χ0n) is 8.30. The Kier molecular flexibility index (Phi) is 1.80. The lowest BCUT2D eigenvalue weighted by Gasteiger charge is -2.35. The predicted octanol–water partition coefficient (Wildman–Crippen LogP) is 2.20. The van der Waals surface area contributed by atoms with E-state index in [1.807, 2.05) is 0 Å². The molecule has 1 saturated carbocycles. The fraction of sp³-hybridized carbons (Fsp3) is 0.818. The molecule has 0 aromatic rings. The number of hydrogen-bond acceptors (Lipinski definition) is 1. The quantitative estimate of drug-likeness (QED) is 0.618. The second kappa shape index (κ2) is 2.59. The molecule has 0 saturated heterocycles. The van der Waals surface area contributed by atoms with Crippen molar-refractivity contribution in [2.75, 3.05) is 7.05 Å². The maximum atomic E-state index is 3.43. The van der Waals surface area contributed by atoms with E-state index in [4.69, 9.17) is 0 Å². The van der Waals surface area contributed by atoms with Crippen LogP contribution in [-0.4, -0.2) is 12.6 Å². The van der Waals surface area contributed by atoms with Crippen molar-refractivity contribution in [3.8, 4) is 0 Å². The van der Waals surface area contributed by atoms with Gasteiger partial charge in [0.25, 0.3) is 0 Å². The van der Waals surface area contributed by atoms with Gasteiger partial charge in [0.05, 0.1) is 0 Å². The van der Waals surface area contributed by atoms with E-state index in [1.165, 1.54) is 12.8 Å². The molecule has 1 nitrogen and oxygen atoms in total. The van der Waals surface area contributed by atoms with E-state index in [0.29, 0.717) is 5.54 Å². The number of allylic oxidation sites excluding steroid dienone is 2. The number of hydrogen-bond donors (Lipinski definition) is 1. The number of nitrogens with one attached hydrogen (secondary N) is 1. The third-order valence-corrected chi connectivity index (χ3v) is 3.85. The Morgan fingerprint density at radius 2 is 2.00 bits per heavy atom. The monoisotopic (exact) mass is 165 g/mol. The molecule has 0 radical (unpaired) electrons. The summed E-state index contributed by atoms with van der Waals surface area (Å²) in [7, 11) is 2.08. The normalized spacial score (nSPS) is 39.4. The molecule has 12 heavy (non-hydrogen) atoms. The minimum absolute atomic E-state index is 0.324. The largest absolute Gasteiger partial charge is 0.315 e. The van der Waals surface area contributed by atoms with Gasteiger partial charge in [-0.25, -0.2) is 0 Å². The van der Waals surface area contributed by atoms with Gasteiger partial charge in [0, 0.05) is 5.54 Å². The Morgan fingerprint density at radius 1 is 1.25 bits per heavy atom. The second-order valence-corrected chi connectivity index (χ2v) is 4.86. The van der Waals surface area contributed by atoms with E-state index in [1.54, 1.807) is 0 Å². The van der Waals surface area contributed by atoms with Crippen LogP contribution >= 0.6 is 0 Å². The van der Waals surface area contributed by atoms with Crippen molar-refractivity contribution >= 4 is 0 Å². The summed E-state index contributed by atoms with van der Waals surface area (Å²) in [6.07, 6.45) is 7.65. The highest BCUT2D eigenvalue weighted by Crippen LogP contribution is 2.47. The van der Waals surface area contributed by atoms with Gasteiger partial charge in [0.2, 0.25) is 0 Å². The Labute approximate surface area is 75.2 Å². The van der Waals surface area contributed by atoms with Crippen LogP contribution in [0.15, 0.2) is 12.2 Å². The van der Waals surface area contributed by atoms with Gasteiger partial charge in [-0.3, -0.25) is 0 Å². The average molecular weight is 165 g/mol. The summed E-state index contributed by atoms with van der Waals surface area (Å²) in [5.41, 5.74) is 0.324. The van der Waals surface area contributed by atoms with Gasteiger partial charge in [0.15, 0.2) is 0 Å². The van der Waals surface area contributed by atoms with Gasteiger partial charge in [-0.1, -0.05) is 12.2 Å². The molecule has 68 valence electrons. The summed E-state index contributed by atoms with van der Waals surface area (Å²) < 4.78 is 0. The molecular formula is C11H19N. The summed E-state index contributed by atoms with van der Waals surface area (Å²) in [5, 5.41) is 3.43. The van der Waals surface area contributed by atoms with Crippen molar-refractivity contribution in [2.24, 2.45) is 17.8 Å². The maximum Gasteiger partial charge on any atom is 0.0156 e. The topological polar surface area (TPSA) is 12.0 Å². The predicted molar refractivity (Wildman–Crippen MR) is 52.0 cm³/mol. The van der Waals surface area contributed by atoms with Crippen LogP contribution in [-0.2, 0) is 0 Å². The van der Waals surface area contributed by atoms with Crippen molar-refractivity contribution in [3.63, 3.8) is 0 Å². The molecule has 1 N–H and O–H groups in total. The van der Waals surface area contributed by atoms with E-state index >= 15 is 0 Å². The number of rotatable bonds is 2. The molecule has 2 aliphatic rings. The third-order valence-electron chi connectivity index (χ3n) is 3.85. The average Bonchev–Trinajstić information content (AvgIpc) is 2.64. The first kappa shape index (κ1) is 8.31.